The number of amides is 2. The number of likely N-dealkylation sites (N-methyl/N-ethyl adjacent to an activating group) is 2. The predicted octanol–water partition coefficient (Wildman–Crippen LogP) is 1.94. The van der Waals surface area contributed by atoms with E-state index in [4.69, 9.17) is 23.8 Å². The second kappa shape index (κ2) is 10.9. The molecule has 3 rings (SSSR count). The summed E-state index contributed by atoms with van der Waals surface area (Å²) >= 11 is 12.5. The van der Waals surface area contributed by atoms with E-state index in [1.165, 1.54) is 16.2 Å². The topological polar surface area (TPSA) is 77.6 Å². The molecule has 0 fully saturated rings. The van der Waals surface area contributed by atoms with Gasteiger partial charge in [-0.1, -0.05) is 29.7 Å². The van der Waals surface area contributed by atoms with Gasteiger partial charge in [-0.05, 0) is 37.2 Å². The lowest BCUT2D eigenvalue weighted by molar-refractivity contribution is -0.130. The lowest BCUT2D eigenvalue weighted by Gasteiger charge is -2.21. The van der Waals surface area contributed by atoms with Gasteiger partial charge in [0.15, 0.2) is 10.00 Å². The first-order valence-electron chi connectivity index (χ1n) is 9.97. The highest BCUT2D eigenvalue weighted by atomic mass is 35.5. The average Bonchev–Trinajstić information content (AvgIpc) is 3.18. The minimum Gasteiger partial charge on any atom is -0.367 e. The van der Waals surface area contributed by atoms with Crippen LogP contribution in [-0.4, -0.2) is 71.9 Å². The first-order chi connectivity index (χ1) is 15.2. The number of hydrogen-bond donors (Lipinski definition) is 2. The summed E-state index contributed by atoms with van der Waals surface area (Å²) in [5.74, 6) is 5.16. The van der Waals surface area contributed by atoms with Crippen molar-refractivity contribution in [1.29, 1.82) is 0 Å². The zero-order chi connectivity index (χ0) is 23.3. The Morgan fingerprint density at radius 1 is 1.34 bits per heavy atom. The van der Waals surface area contributed by atoms with E-state index in [0.29, 0.717) is 10.0 Å². The van der Waals surface area contributed by atoms with E-state index in [9.17, 15) is 9.59 Å². The van der Waals surface area contributed by atoms with Gasteiger partial charge in [0.1, 0.15) is 6.04 Å². The lowest BCUT2D eigenvalue weighted by atomic mass is 10.2. The Morgan fingerprint density at radius 3 is 2.75 bits per heavy atom. The number of benzene rings is 1. The van der Waals surface area contributed by atoms with Gasteiger partial charge in [0.05, 0.1) is 5.69 Å². The van der Waals surface area contributed by atoms with Gasteiger partial charge in [-0.15, -0.1) is 11.3 Å². The largest absolute Gasteiger partial charge is 0.367 e. The third kappa shape index (κ3) is 6.50. The normalized spacial score (nSPS) is 13.9. The Morgan fingerprint density at radius 2 is 2.06 bits per heavy atom. The molecular weight excluding hydrogens is 466 g/mol. The smallest absolute Gasteiger partial charge is 0.280 e. The quantitative estimate of drug-likeness (QED) is 0.493. The highest BCUT2D eigenvalue weighted by Crippen LogP contribution is 2.24. The zero-order valence-corrected chi connectivity index (χ0v) is 20.5. The molecule has 32 heavy (non-hydrogen) atoms. The molecule has 2 amide bonds. The van der Waals surface area contributed by atoms with E-state index < -0.39 is 6.04 Å². The van der Waals surface area contributed by atoms with Gasteiger partial charge in [-0.3, -0.25) is 9.59 Å². The molecule has 168 valence electrons. The summed E-state index contributed by atoms with van der Waals surface area (Å²) < 4.78 is 0. The van der Waals surface area contributed by atoms with Crippen LogP contribution in [0.4, 0.5) is 0 Å². The molecule has 0 saturated heterocycles. The number of nitrogens with one attached hydrogen (secondary N) is 2. The summed E-state index contributed by atoms with van der Waals surface area (Å²) in [7, 11) is 5.31. The van der Waals surface area contributed by atoms with Crippen molar-refractivity contribution in [3.05, 3.63) is 50.4 Å². The molecule has 2 N–H and O–H groups in total. The molecule has 0 spiro atoms. The summed E-state index contributed by atoms with van der Waals surface area (Å²) in [5.41, 5.74) is 1.73. The monoisotopic (exact) mass is 489 g/mol. The number of thiazole rings is 1. The molecule has 1 atom stereocenters. The summed E-state index contributed by atoms with van der Waals surface area (Å²) in [4.78, 5) is 34.9. The molecule has 7 nitrogen and oxygen atoms in total. The second-order valence-electron chi connectivity index (χ2n) is 7.60. The van der Waals surface area contributed by atoms with Gasteiger partial charge in [0.2, 0.25) is 5.91 Å². The van der Waals surface area contributed by atoms with Crippen molar-refractivity contribution in [2.24, 2.45) is 0 Å². The van der Waals surface area contributed by atoms with Crippen LogP contribution in [0.1, 0.15) is 25.9 Å². The van der Waals surface area contributed by atoms with Gasteiger partial charge in [0, 0.05) is 55.6 Å². The van der Waals surface area contributed by atoms with E-state index in [1.54, 1.807) is 38.4 Å². The average molecular weight is 490 g/mol. The van der Waals surface area contributed by atoms with Crippen LogP contribution in [0, 0.1) is 11.8 Å². The fourth-order valence-electron chi connectivity index (χ4n) is 3.05. The van der Waals surface area contributed by atoms with Crippen LogP contribution in [0.2, 0.25) is 5.02 Å². The molecule has 10 heteroatoms. The number of carbonyl (C=O) groups is 2. The van der Waals surface area contributed by atoms with E-state index in [2.05, 4.69) is 32.4 Å². The van der Waals surface area contributed by atoms with Gasteiger partial charge >= 0.3 is 0 Å². The van der Waals surface area contributed by atoms with Gasteiger partial charge in [-0.25, -0.2) is 4.98 Å². The van der Waals surface area contributed by atoms with Crippen LogP contribution in [0.5, 0.6) is 0 Å². The summed E-state index contributed by atoms with van der Waals surface area (Å²) in [6, 6.07) is 6.27. The first-order valence-corrected chi connectivity index (χ1v) is 11.6. The van der Waals surface area contributed by atoms with Crippen molar-refractivity contribution in [3.8, 4) is 11.8 Å². The number of thiocarbonyl (C=S) groups is 1. The van der Waals surface area contributed by atoms with Crippen molar-refractivity contribution in [2.75, 3.05) is 34.2 Å². The SMILES string of the molecule is CN1CCc2nc(C(=O)NC(CNC(=S)C#Cc3ccc(Cl)cc3)C(=O)N(C)C)sc2C1. The van der Waals surface area contributed by atoms with E-state index >= 15 is 0 Å². The Kier molecular flexibility index (Phi) is 8.21. The third-order valence-electron chi connectivity index (χ3n) is 4.79. The first kappa shape index (κ1) is 24.1. The summed E-state index contributed by atoms with van der Waals surface area (Å²) in [6.07, 6.45) is 0.817. The van der Waals surface area contributed by atoms with Crippen LogP contribution in [0.15, 0.2) is 24.3 Å². The highest BCUT2D eigenvalue weighted by Gasteiger charge is 2.26. The Labute approximate surface area is 202 Å². The van der Waals surface area contributed by atoms with Crippen LogP contribution in [-0.2, 0) is 17.8 Å². The van der Waals surface area contributed by atoms with Crippen LogP contribution in [0.25, 0.3) is 0 Å². The van der Waals surface area contributed by atoms with E-state index in [1.807, 2.05) is 7.05 Å². The Bertz CT molecular complexity index is 1070. The molecule has 2 heterocycles. The highest BCUT2D eigenvalue weighted by molar-refractivity contribution is 7.80. The fraction of sp³-hybridized carbons (Fsp3) is 0.364. The second-order valence-corrected chi connectivity index (χ2v) is 9.53. The molecule has 0 saturated carbocycles. The molecular formula is C22H24ClN5O2S2. The third-order valence-corrected chi connectivity index (χ3v) is 6.37. The summed E-state index contributed by atoms with van der Waals surface area (Å²) in [6.45, 7) is 1.81. The van der Waals surface area contributed by atoms with Crippen LogP contribution in [0.3, 0.4) is 0 Å². The van der Waals surface area contributed by atoms with Crippen molar-refractivity contribution in [1.82, 2.24) is 25.4 Å². The van der Waals surface area contributed by atoms with Crippen molar-refractivity contribution in [2.45, 2.75) is 19.0 Å². The maximum Gasteiger partial charge on any atom is 0.280 e. The number of aromatic nitrogens is 1. The van der Waals surface area contributed by atoms with Crippen molar-refractivity contribution in [3.63, 3.8) is 0 Å². The van der Waals surface area contributed by atoms with Crippen LogP contribution >= 0.6 is 35.2 Å². The molecule has 1 aliphatic heterocycles. The van der Waals surface area contributed by atoms with E-state index in [0.717, 1.165) is 35.6 Å². The molecule has 2 aromatic rings. The van der Waals surface area contributed by atoms with Gasteiger partial charge in [-0.2, -0.15) is 0 Å². The number of carbonyl (C=O) groups excluding carboxylic acids is 2. The lowest BCUT2D eigenvalue weighted by Crippen LogP contribution is -2.52. The minimum atomic E-state index is -0.809. The number of rotatable bonds is 5. The fourth-order valence-corrected chi connectivity index (χ4v) is 4.40. The number of hydrogen-bond acceptors (Lipinski definition) is 6. The van der Waals surface area contributed by atoms with Gasteiger partial charge < -0.3 is 20.4 Å². The predicted molar refractivity (Wildman–Crippen MR) is 131 cm³/mol. The molecule has 0 bridgehead atoms. The molecule has 1 unspecified atom stereocenters. The zero-order valence-electron chi connectivity index (χ0n) is 18.1. The van der Waals surface area contributed by atoms with Gasteiger partial charge in [0.25, 0.3) is 5.91 Å². The number of halogens is 1. The maximum atomic E-state index is 12.8. The molecule has 0 aliphatic carbocycles. The summed E-state index contributed by atoms with van der Waals surface area (Å²) in [5, 5.41) is 6.74. The maximum absolute atomic E-state index is 12.8. The number of fused-ring (bicyclic) bond motifs is 1. The van der Waals surface area contributed by atoms with E-state index in [-0.39, 0.29) is 23.3 Å². The molecule has 1 aliphatic rings. The van der Waals surface area contributed by atoms with Crippen molar-refractivity contribution < 1.29 is 9.59 Å². The van der Waals surface area contributed by atoms with Crippen molar-refractivity contribution >= 4 is 52.0 Å². The molecule has 1 aromatic heterocycles. The Balaban J connectivity index is 1.64. The molecule has 1 aromatic carbocycles. The minimum absolute atomic E-state index is 0.116. The number of nitrogens with zero attached hydrogens (tertiary/aromatic N) is 3. The van der Waals surface area contributed by atoms with Crippen LogP contribution < -0.4 is 10.6 Å². The molecule has 0 radical (unpaired) electrons. The standard InChI is InChI=1S/C22H24ClN5O2S2/c1-27(2)22(30)17(12-24-19(31)9-6-14-4-7-15(23)8-5-14)25-20(29)21-26-16-10-11-28(3)13-18(16)32-21/h4-5,7-8,17H,10-13H2,1-3H3,(H,24,31)(H,25,29). The Hall–Kier alpha value is -2.51.